The predicted molar refractivity (Wildman–Crippen MR) is 115 cm³/mol. The second-order valence-electron chi connectivity index (χ2n) is 8.37. The van der Waals surface area contributed by atoms with E-state index in [9.17, 15) is 9.59 Å². The minimum absolute atomic E-state index is 0.0587. The highest BCUT2D eigenvalue weighted by molar-refractivity contribution is 7.15. The standard InChI is InChI=1S/C24H27NO3S/c1-14(2)17-4-6-18(7-5-17)24-25-22(15(3)29-24)21-20(26)13-19(23(21)27)12-16-8-10-28-11-9-16/h4-7,13-14,16,21H,8-12H2,1-3H3. The summed E-state index contributed by atoms with van der Waals surface area (Å²) in [5.41, 5.74) is 3.61. The highest BCUT2D eigenvalue weighted by Gasteiger charge is 2.39. The van der Waals surface area contributed by atoms with Gasteiger partial charge in [0.2, 0.25) is 0 Å². The predicted octanol–water partition coefficient (Wildman–Crippen LogP) is 5.22. The van der Waals surface area contributed by atoms with Crippen LogP contribution in [0.5, 0.6) is 0 Å². The highest BCUT2D eigenvalue weighted by Crippen LogP contribution is 2.38. The summed E-state index contributed by atoms with van der Waals surface area (Å²) in [6, 6.07) is 8.39. The molecule has 29 heavy (non-hydrogen) atoms. The van der Waals surface area contributed by atoms with Gasteiger partial charge >= 0.3 is 0 Å². The van der Waals surface area contributed by atoms with Crippen LogP contribution in [-0.4, -0.2) is 29.8 Å². The molecule has 0 radical (unpaired) electrons. The van der Waals surface area contributed by atoms with E-state index in [0.29, 0.717) is 29.5 Å². The van der Waals surface area contributed by atoms with Crippen LogP contribution in [0.2, 0.25) is 0 Å². The molecule has 5 heteroatoms. The molecule has 2 heterocycles. The lowest BCUT2D eigenvalue weighted by Gasteiger charge is -2.22. The van der Waals surface area contributed by atoms with Crippen LogP contribution in [0.15, 0.2) is 35.9 Å². The van der Waals surface area contributed by atoms with Gasteiger partial charge in [0.25, 0.3) is 0 Å². The lowest BCUT2D eigenvalue weighted by atomic mass is 9.89. The van der Waals surface area contributed by atoms with Crippen LogP contribution in [0.1, 0.15) is 61.1 Å². The maximum absolute atomic E-state index is 13.1. The number of ketones is 2. The van der Waals surface area contributed by atoms with Gasteiger partial charge in [-0.3, -0.25) is 9.59 Å². The molecule has 0 saturated carbocycles. The molecule has 152 valence electrons. The van der Waals surface area contributed by atoms with Crippen LogP contribution >= 0.6 is 11.3 Å². The first-order valence-corrected chi connectivity index (χ1v) is 11.2. The van der Waals surface area contributed by atoms with Crippen molar-refractivity contribution in [1.82, 2.24) is 4.98 Å². The molecule has 4 nitrogen and oxygen atoms in total. The van der Waals surface area contributed by atoms with Crippen molar-refractivity contribution < 1.29 is 14.3 Å². The Kier molecular flexibility index (Phi) is 5.79. The summed E-state index contributed by atoms with van der Waals surface area (Å²) in [6.07, 6.45) is 4.15. The minimum Gasteiger partial charge on any atom is -0.381 e. The van der Waals surface area contributed by atoms with Gasteiger partial charge in [-0.25, -0.2) is 4.98 Å². The molecule has 0 spiro atoms. The number of nitrogens with zero attached hydrogens (tertiary/aromatic N) is 1. The number of aromatic nitrogens is 1. The Morgan fingerprint density at radius 3 is 2.48 bits per heavy atom. The molecule has 1 aliphatic carbocycles. The van der Waals surface area contributed by atoms with E-state index in [4.69, 9.17) is 9.72 Å². The van der Waals surface area contributed by atoms with Crippen molar-refractivity contribution in [1.29, 1.82) is 0 Å². The normalized spacial score (nSPS) is 20.6. The lowest BCUT2D eigenvalue weighted by Crippen LogP contribution is -2.19. The maximum atomic E-state index is 13.1. The van der Waals surface area contributed by atoms with E-state index in [1.807, 2.05) is 6.92 Å². The second-order valence-corrected chi connectivity index (χ2v) is 9.57. The van der Waals surface area contributed by atoms with E-state index >= 15 is 0 Å². The van der Waals surface area contributed by atoms with Gasteiger partial charge in [0.15, 0.2) is 11.6 Å². The summed E-state index contributed by atoms with van der Waals surface area (Å²) in [5, 5.41) is 0.867. The third-order valence-electron chi connectivity index (χ3n) is 5.96. The monoisotopic (exact) mass is 409 g/mol. The summed E-state index contributed by atoms with van der Waals surface area (Å²) < 4.78 is 5.40. The Bertz CT molecular complexity index is 949. The Balaban J connectivity index is 1.54. The fourth-order valence-electron chi connectivity index (χ4n) is 4.13. The van der Waals surface area contributed by atoms with Gasteiger partial charge in [-0.2, -0.15) is 0 Å². The zero-order valence-electron chi connectivity index (χ0n) is 17.2. The molecule has 4 rings (SSSR count). The zero-order chi connectivity index (χ0) is 20.5. The average molecular weight is 410 g/mol. The zero-order valence-corrected chi connectivity index (χ0v) is 18.1. The smallest absolute Gasteiger partial charge is 0.175 e. The number of ether oxygens (including phenoxy) is 1. The fourth-order valence-corrected chi connectivity index (χ4v) is 5.09. The summed E-state index contributed by atoms with van der Waals surface area (Å²) >= 11 is 1.55. The molecule has 1 saturated heterocycles. The number of thiazole rings is 1. The molecule has 2 aromatic rings. The van der Waals surface area contributed by atoms with Crippen molar-refractivity contribution in [3.63, 3.8) is 0 Å². The number of Topliss-reactive ketones (excluding diaryl/α,β-unsaturated/α-hetero) is 1. The van der Waals surface area contributed by atoms with Gasteiger partial charge in [-0.1, -0.05) is 38.1 Å². The molecule has 1 atom stereocenters. The molecule has 0 bridgehead atoms. The van der Waals surface area contributed by atoms with Crippen LogP contribution < -0.4 is 0 Å². The third-order valence-corrected chi connectivity index (χ3v) is 7.00. The number of rotatable bonds is 5. The van der Waals surface area contributed by atoms with Crippen LogP contribution in [0.25, 0.3) is 10.6 Å². The molecular weight excluding hydrogens is 382 g/mol. The van der Waals surface area contributed by atoms with Crippen molar-refractivity contribution in [3.8, 4) is 10.6 Å². The topological polar surface area (TPSA) is 56.3 Å². The molecule has 1 unspecified atom stereocenters. The number of carbonyl (C=O) groups is 2. The summed E-state index contributed by atoms with van der Waals surface area (Å²) in [6.45, 7) is 7.78. The van der Waals surface area contributed by atoms with Gasteiger partial charge in [0, 0.05) is 29.2 Å². The van der Waals surface area contributed by atoms with E-state index in [0.717, 1.165) is 41.5 Å². The van der Waals surface area contributed by atoms with E-state index in [2.05, 4.69) is 38.1 Å². The van der Waals surface area contributed by atoms with Crippen molar-refractivity contribution >= 4 is 22.9 Å². The largest absolute Gasteiger partial charge is 0.381 e. The minimum atomic E-state index is -0.759. The quantitative estimate of drug-likeness (QED) is 0.635. The lowest BCUT2D eigenvalue weighted by molar-refractivity contribution is -0.123. The first-order chi connectivity index (χ1) is 13.9. The van der Waals surface area contributed by atoms with E-state index in [1.54, 1.807) is 17.4 Å². The van der Waals surface area contributed by atoms with Crippen molar-refractivity contribution in [2.75, 3.05) is 13.2 Å². The molecule has 0 N–H and O–H groups in total. The molecule has 2 aliphatic rings. The molecule has 0 amide bonds. The molecular formula is C24H27NO3S. The van der Waals surface area contributed by atoms with Gasteiger partial charge in [-0.15, -0.1) is 11.3 Å². The highest BCUT2D eigenvalue weighted by atomic mass is 32.1. The second kappa shape index (κ2) is 8.33. The summed E-state index contributed by atoms with van der Waals surface area (Å²) in [4.78, 5) is 31.4. The SMILES string of the molecule is Cc1sc(-c2ccc(C(C)C)cc2)nc1C1C(=O)C=C(CC2CCOCC2)C1=O. The Morgan fingerprint density at radius 1 is 1.14 bits per heavy atom. The van der Waals surface area contributed by atoms with Crippen molar-refractivity contribution in [2.24, 2.45) is 5.92 Å². The van der Waals surface area contributed by atoms with Gasteiger partial charge in [0.1, 0.15) is 10.9 Å². The average Bonchev–Trinajstić information content (AvgIpc) is 3.21. The molecule has 1 aliphatic heterocycles. The summed E-state index contributed by atoms with van der Waals surface area (Å²) in [5.74, 6) is -0.0304. The molecule has 1 aromatic heterocycles. The number of hydrogen-bond donors (Lipinski definition) is 0. The van der Waals surface area contributed by atoms with E-state index in [-0.39, 0.29) is 11.6 Å². The molecule has 1 aromatic carbocycles. The van der Waals surface area contributed by atoms with Crippen molar-refractivity contribution in [3.05, 3.63) is 52.0 Å². The first-order valence-electron chi connectivity index (χ1n) is 10.4. The number of aryl methyl sites for hydroxylation is 1. The van der Waals surface area contributed by atoms with Gasteiger partial charge in [-0.05, 0) is 49.7 Å². The number of carbonyl (C=O) groups excluding carboxylic acids is 2. The first kappa shape index (κ1) is 20.2. The van der Waals surface area contributed by atoms with Gasteiger partial charge < -0.3 is 4.74 Å². The van der Waals surface area contributed by atoms with Crippen LogP contribution in [0, 0.1) is 12.8 Å². The maximum Gasteiger partial charge on any atom is 0.175 e. The van der Waals surface area contributed by atoms with E-state index in [1.165, 1.54) is 5.56 Å². The van der Waals surface area contributed by atoms with Crippen LogP contribution in [0.3, 0.4) is 0 Å². The van der Waals surface area contributed by atoms with E-state index < -0.39 is 5.92 Å². The Morgan fingerprint density at radius 2 is 1.83 bits per heavy atom. The fraction of sp³-hybridized carbons (Fsp3) is 0.458. The Labute approximate surface area is 176 Å². The number of benzene rings is 1. The van der Waals surface area contributed by atoms with Crippen LogP contribution in [0.4, 0.5) is 0 Å². The third kappa shape index (κ3) is 4.12. The molecule has 1 fully saturated rings. The van der Waals surface area contributed by atoms with Crippen LogP contribution in [-0.2, 0) is 14.3 Å². The van der Waals surface area contributed by atoms with Crippen molar-refractivity contribution in [2.45, 2.75) is 51.9 Å². The Hall–Kier alpha value is -2.11. The number of allylic oxidation sites excluding steroid dienone is 2. The summed E-state index contributed by atoms with van der Waals surface area (Å²) in [7, 11) is 0. The number of hydrogen-bond acceptors (Lipinski definition) is 5. The van der Waals surface area contributed by atoms with Gasteiger partial charge in [0.05, 0.1) is 5.69 Å².